The van der Waals surface area contributed by atoms with E-state index in [9.17, 15) is 4.39 Å². The number of aromatic nitrogens is 3. The molecule has 0 fully saturated rings. The summed E-state index contributed by atoms with van der Waals surface area (Å²) in [6, 6.07) is 31.5. The van der Waals surface area contributed by atoms with Gasteiger partial charge in [-0.1, -0.05) is 94.4 Å². The molecule has 194 valence electrons. The molecular formula is C35H32FN3. The molecule has 0 bridgehead atoms. The Labute approximate surface area is 229 Å². The summed E-state index contributed by atoms with van der Waals surface area (Å²) in [5, 5.41) is 0. The largest absolute Gasteiger partial charge is 0.208 e. The molecule has 4 aromatic carbocycles. The highest BCUT2D eigenvalue weighted by atomic mass is 19.1. The van der Waals surface area contributed by atoms with Crippen molar-refractivity contribution >= 4 is 0 Å². The van der Waals surface area contributed by atoms with Crippen LogP contribution in [0.1, 0.15) is 51.7 Å². The first-order valence-corrected chi connectivity index (χ1v) is 13.5. The average Bonchev–Trinajstić information content (AvgIpc) is 2.96. The van der Waals surface area contributed by atoms with Crippen LogP contribution in [0.2, 0.25) is 0 Å². The van der Waals surface area contributed by atoms with E-state index in [0.717, 1.165) is 40.7 Å². The average molecular weight is 514 g/mol. The Hall–Kier alpha value is -4.18. The van der Waals surface area contributed by atoms with Crippen LogP contribution in [0.3, 0.4) is 0 Å². The van der Waals surface area contributed by atoms with Crippen LogP contribution in [-0.4, -0.2) is 15.0 Å². The first-order chi connectivity index (χ1) is 18.7. The highest BCUT2D eigenvalue weighted by Crippen LogP contribution is 2.46. The molecule has 1 aliphatic rings. The molecule has 0 radical (unpaired) electrons. The summed E-state index contributed by atoms with van der Waals surface area (Å²) in [5.74, 6) is 1.45. The summed E-state index contributed by atoms with van der Waals surface area (Å²) < 4.78 is 13.7. The Morgan fingerprint density at radius 2 is 0.923 bits per heavy atom. The van der Waals surface area contributed by atoms with Gasteiger partial charge in [-0.3, -0.25) is 0 Å². The van der Waals surface area contributed by atoms with E-state index in [-0.39, 0.29) is 16.6 Å². The predicted molar refractivity (Wildman–Crippen MR) is 157 cm³/mol. The lowest BCUT2D eigenvalue weighted by molar-refractivity contribution is 0.332. The molecular weight excluding hydrogens is 481 g/mol. The molecule has 3 nitrogen and oxygen atoms in total. The zero-order valence-electron chi connectivity index (χ0n) is 22.9. The van der Waals surface area contributed by atoms with Gasteiger partial charge in [-0.25, -0.2) is 19.3 Å². The highest BCUT2D eigenvalue weighted by molar-refractivity contribution is 5.71. The van der Waals surface area contributed by atoms with Gasteiger partial charge in [0.05, 0.1) is 0 Å². The highest BCUT2D eigenvalue weighted by Gasteiger charge is 2.37. The molecule has 6 rings (SSSR count). The number of halogens is 1. The third-order valence-corrected chi connectivity index (χ3v) is 8.10. The smallest absolute Gasteiger partial charge is 0.164 e. The second-order valence-corrected chi connectivity index (χ2v) is 11.8. The van der Waals surface area contributed by atoms with Crippen molar-refractivity contribution in [3.63, 3.8) is 0 Å². The van der Waals surface area contributed by atoms with Crippen LogP contribution < -0.4 is 0 Å². The lowest BCUT2D eigenvalue weighted by Gasteiger charge is -2.42. The molecule has 0 spiro atoms. The fourth-order valence-electron chi connectivity index (χ4n) is 5.53. The van der Waals surface area contributed by atoms with Crippen LogP contribution in [0.15, 0.2) is 97.1 Å². The van der Waals surface area contributed by atoms with Crippen LogP contribution >= 0.6 is 0 Å². The fourth-order valence-corrected chi connectivity index (χ4v) is 5.53. The van der Waals surface area contributed by atoms with Crippen molar-refractivity contribution in [3.05, 3.63) is 114 Å². The third-order valence-electron chi connectivity index (χ3n) is 8.10. The lowest BCUT2D eigenvalue weighted by Crippen LogP contribution is -2.33. The summed E-state index contributed by atoms with van der Waals surface area (Å²) in [7, 11) is 0. The van der Waals surface area contributed by atoms with Gasteiger partial charge in [0.1, 0.15) is 5.82 Å². The van der Waals surface area contributed by atoms with E-state index in [1.807, 2.05) is 30.3 Å². The van der Waals surface area contributed by atoms with Gasteiger partial charge < -0.3 is 0 Å². The van der Waals surface area contributed by atoms with E-state index < -0.39 is 0 Å². The molecule has 0 N–H and O–H groups in total. The Kier molecular flexibility index (Phi) is 6.14. The van der Waals surface area contributed by atoms with Crippen LogP contribution in [0.25, 0.3) is 45.3 Å². The number of rotatable bonds is 4. The van der Waals surface area contributed by atoms with Crippen molar-refractivity contribution < 1.29 is 4.39 Å². The van der Waals surface area contributed by atoms with Crippen molar-refractivity contribution in [2.75, 3.05) is 0 Å². The number of benzene rings is 4. The molecule has 1 heterocycles. The maximum absolute atomic E-state index is 13.7. The fraction of sp³-hybridized carbons (Fsp3) is 0.229. The zero-order valence-corrected chi connectivity index (χ0v) is 22.9. The standard InChI is InChI=1S/C35H32FN3/c1-34(2)20-21-35(3,4)30-22-27(16-19-29(30)34)33-38-31(37-32(39-33)26-14-17-28(36)18-15-26)25-12-10-24(11-13-25)23-8-6-5-7-9-23/h5-19,22H,20-21H2,1-4H3. The Morgan fingerprint density at radius 1 is 0.487 bits per heavy atom. The Balaban J connectivity index is 1.48. The first kappa shape index (κ1) is 25.1. The quantitative estimate of drug-likeness (QED) is 0.241. The van der Waals surface area contributed by atoms with Crippen molar-refractivity contribution in [2.45, 2.75) is 51.4 Å². The second-order valence-electron chi connectivity index (χ2n) is 11.8. The normalized spacial score (nSPS) is 15.5. The monoisotopic (exact) mass is 513 g/mol. The van der Waals surface area contributed by atoms with E-state index in [1.54, 1.807) is 12.1 Å². The van der Waals surface area contributed by atoms with Gasteiger partial charge >= 0.3 is 0 Å². The molecule has 0 atom stereocenters. The van der Waals surface area contributed by atoms with E-state index in [2.05, 4.69) is 70.2 Å². The molecule has 0 saturated heterocycles. The topological polar surface area (TPSA) is 38.7 Å². The maximum atomic E-state index is 13.7. The minimum absolute atomic E-state index is 0.0732. The van der Waals surface area contributed by atoms with Crippen LogP contribution in [-0.2, 0) is 10.8 Å². The number of nitrogens with zero attached hydrogens (tertiary/aromatic N) is 3. The predicted octanol–water partition coefficient (Wildman–Crippen LogP) is 9.03. The van der Waals surface area contributed by atoms with Gasteiger partial charge in [-0.2, -0.15) is 0 Å². The molecule has 4 heteroatoms. The van der Waals surface area contributed by atoms with E-state index >= 15 is 0 Å². The minimum Gasteiger partial charge on any atom is -0.208 e. The molecule has 1 aromatic heterocycles. The van der Waals surface area contributed by atoms with Crippen LogP contribution in [0, 0.1) is 5.82 Å². The van der Waals surface area contributed by atoms with Crippen molar-refractivity contribution in [2.24, 2.45) is 0 Å². The summed E-state index contributed by atoms with van der Waals surface area (Å²) >= 11 is 0. The van der Waals surface area contributed by atoms with Gasteiger partial charge in [-0.05, 0) is 76.3 Å². The van der Waals surface area contributed by atoms with Gasteiger partial charge in [0, 0.05) is 16.7 Å². The summed E-state index contributed by atoms with van der Waals surface area (Å²) in [5.41, 5.74) is 7.87. The Morgan fingerprint density at radius 3 is 1.51 bits per heavy atom. The minimum atomic E-state index is -0.288. The van der Waals surface area contributed by atoms with Crippen molar-refractivity contribution in [1.29, 1.82) is 0 Å². The number of fused-ring (bicyclic) bond motifs is 1. The van der Waals surface area contributed by atoms with Gasteiger partial charge in [-0.15, -0.1) is 0 Å². The molecule has 0 aliphatic heterocycles. The van der Waals surface area contributed by atoms with Crippen molar-refractivity contribution in [3.8, 4) is 45.3 Å². The van der Waals surface area contributed by atoms with Crippen LogP contribution in [0.4, 0.5) is 4.39 Å². The van der Waals surface area contributed by atoms with Gasteiger partial charge in [0.25, 0.3) is 0 Å². The SMILES string of the molecule is CC1(C)CCC(C)(C)c2cc(-c3nc(-c4ccc(F)cc4)nc(-c4ccc(-c5ccccc5)cc4)n3)ccc21. The van der Waals surface area contributed by atoms with E-state index in [1.165, 1.54) is 23.3 Å². The summed E-state index contributed by atoms with van der Waals surface area (Å²) in [6.07, 6.45) is 2.30. The zero-order chi connectivity index (χ0) is 27.2. The number of hydrogen-bond donors (Lipinski definition) is 0. The molecule has 0 amide bonds. The molecule has 0 unspecified atom stereocenters. The van der Waals surface area contributed by atoms with Crippen LogP contribution in [0.5, 0.6) is 0 Å². The number of hydrogen-bond acceptors (Lipinski definition) is 3. The molecule has 1 aliphatic carbocycles. The maximum Gasteiger partial charge on any atom is 0.164 e. The van der Waals surface area contributed by atoms with Gasteiger partial charge in [0.15, 0.2) is 17.5 Å². The van der Waals surface area contributed by atoms with E-state index in [4.69, 9.17) is 15.0 Å². The summed E-state index contributed by atoms with van der Waals surface area (Å²) in [6.45, 7) is 9.30. The third kappa shape index (κ3) is 4.87. The second kappa shape index (κ2) is 9.53. The first-order valence-electron chi connectivity index (χ1n) is 13.5. The molecule has 0 saturated carbocycles. The molecule has 5 aromatic rings. The van der Waals surface area contributed by atoms with Gasteiger partial charge in [0.2, 0.25) is 0 Å². The molecule has 39 heavy (non-hydrogen) atoms. The Bertz CT molecular complexity index is 1640. The lowest BCUT2D eigenvalue weighted by atomic mass is 9.63. The van der Waals surface area contributed by atoms with Crippen molar-refractivity contribution in [1.82, 2.24) is 15.0 Å². The summed E-state index contributed by atoms with van der Waals surface area (Å²) in [4.78, 5) is 14.7. The van der Waals surface area contributed by atoms with E-state index in [0.29, 0.717) is 17.5 Å².